The van der Waals surface area contributed by atoms with Crippen LogP contribution in [0.5, 0.6) is 0 Å². The number of benzene rings is 1. The molecular weight excluding hydrogens is 260 g/mol. The number of hydrogen-bond donors (Lipinski definition) is 2. The Labute approximate surface area is 96.0 Å². The van der Waals surface area contributed by atoms with E-state index in [0.717, 1.165) is 0 Å². The topological polar surface area (TPSA) is 72.2 Å². The molecule has 1 aromatic carbocycles. The van der Waals surface area contributed by atoms with Gasteiger partial charge in [0.25, 0.3) is 0 Å². The van der Waals surface area contributed by atoms with Gasteiger partial charge in [-0.05, 0) is 25.1 Å². The second-order valence-electron chi connectivity index (χ2n) is 3.05. The zero-order valence-corrected chi connectivity index (χ0v) is 9.74. The summed E-state index contributed by atoms with van der Waals surface area (Å²) in [5.74, 6) is -0.686. The van der Waals surface area contributed by atoms with E-state index in [1.165, 1.54) is 6.07 Å². The molecule has 0 saturated carbocycles. The van der Waals surface area contributed by atoms with Crippen molar-refractivity contribution < 1.29 is 9.59 Å². The first-order valence-electron chi connectivity index (χ1n) is 4.35. The number of primary amides is 1. The van der Waals surface area contributed by atoms with Gasteiger partial charge in [0.2, 0.25) is 11.8 Å². The average Bonchev–Trinajstić information content (AvgIpc) is 2.18. The molecule has 0 saturated heterocycles. The number of hydrogen-bond acceptors (Lipinski definition) is 2. The number of carbonyl (C=O) groups is 2. The molecule has 1 atom stereocenters. The van der Waals surface area contributed by atoms with Crippen molar-refractivity contribution in [3.05, 3.63) is 29.8 Å². The second kappa shape index (κ2) is 4.93. The lowest BCUT2D eigenvalue weighted by atomic mass is 10.2. The van der Waals surface area contributed by atoms with Gasteiger partial charge in [0, 0.05) is 11.3 Å². The highest BCUT2D eigenvalue weighted by Crippen LogP contribution is 2.11. The van der Waals surface area contributed by atoms with Crippen molar-refractivity contribution in [2.75, 3.05) is 5.32 Å². The lowest BCUT2D eigenvalue weighted by Gasteiger charge is -2.07. The molecule has 5 heteroatoms. The van der Waals surface area contributed by atoms with Gasteiger partial charge in [0.1, 0.15) is 0 Å². The molecule has 80 valence electrons. The number of nitrogens with two attached hydrogens (primary N) is 1. The molecule has 1 aromatic rings. The lowest BCUT2D eigenvalue weighted by molar-refractivity contribution is -0.115. The molecule has 0 aliphatic heterocycles. The molecule has 1 rings (SSSR count). The highest BCUT2D eigenvalue weighted by atomic mass is 79.9. The number of alkyl halides is 1. The maximum atomic E-state index is 11.3. The van der Waals surface area contributed by atoms with Crippen LogP contribution >= 0.6 is 15.9 Å². The zero-order chi connectivity index (χ0) is 11.4. The van der Waals surface area contributed by atoms with Crippen LogP contribution in [0.15, 0.2) is 24.3 Å². The van der Waals surface area contributed by atoms with Gasteiger partial charge in [-0.15, -0.1) is 0 Å². The summed E-state index contributed by atoms with van der Waals surface area (Å²) in [7, 11) is 0. The Morgan fingerprint density at radius 3 is 2.67 bits per heavy atom. The monoisotopic (exact) mass is 270 g/mol. The van der Waals surface area contributed by atoms with E-state index in [0.29, 0.717) is 11.3 Å². The second-order valence-corrected chi connectivity index (χ2v) is 4.42. The van der Waals surface area contributed by atoms with Gasteiger partial charge in [0.15, 0.2) is 0 Å². The fourth-order valence-corrected chi connectivity index (χ4v) is 1.11. The normalized spacial score (nSPS) is 11.9. The first-order chi connectivity index (χ1) is 7.00. The summed E-state index contributed by atoms with van der Waals surface area (Å²) >= 11 is 3.14. The Morgan fingerprint density at radius 1 is 1.47 bits per heavy atom. The molecule has 0 spiro atoms. The Hall–Kier alpha value is -1.36. The summed E-state index contributed by atoms with van der Waals surface area (Å²) in [5, 5.41) is 2.64. The van der Waals surface area contributed by atoms with Gasteiger partial charge in [-0.25, -0.2) is 0 Å². The van der Waals surface area contributed by atoms with Crippen molar-refractivity contribution in [2.45, 2.75) is 11.8 Å². The predicted octanol–water partition coefficient (Wildman–Crippen LogP) is 1.51. The van der Waals surface area contributed by atoms with E-state index in [4.69, 9.17) is 5.73 Å². The quantitative estimate of drug-likeness (QED) is 0.818. The molecular formula is C10H11BrN2O2. The third-order valence-corrected chi connectivity index (χ3v) is 2.19. The van der Waals surface area contributed by atoms with Crippen molar-refractivity contribution >= 4 is 33.4 Å². The Bertz CT molecular complexity index is 391. The molecule has 1 unspecified atom stereocenters. The first-order valence-corrected chi connectivity index (χ1v) is 5.27. The SMILES string of the molecule is CC(Br)C(=O)Nc1cccc(C(N)=O)c1. The minimum absolute atomic E-state index is 0.170. The van der Waals surface area contributed by atoms with Crippen LogP contribution in [-0.2, 0) is 4.79 Å². The molecule has 0 aliphatic carbocycles. The van der Waals surface area contributed by atoms with Crippen molar-refractivity contribution in [1.82, 2.24) is 0 Å². The van der Waals surface area contributed by atoms with Crippen LogP contribution < -0.4 is 11.1 Å². The predicted molar refractivity (Wildman–Crippen MR) is 62.0 cm³/mol. The molecule has 0 aliphatic rings. The summed E-state index contributed by atoms with van der Waals surface area (Å²) in [5.41, 5.74) is 6.04. The van der Waals surface area contributed by atoms with Crippen LogP contribution in [0, 0.1) is 0 Å². The number of nitrogens with one attached hydrogen (secondary N) is 1. The highest BCUT2D eigenvalue weighted by molar-refractivity contribution is 9.10. The maximum Gasteiger partial charge on any atom is 0.248 e. The van der Waals surface area contributed by atoms with Crippen molar-refractivity contribution in [3.8, 4) is 0 Å². The van der Waals surface area contributed by atoms with Gasteiger partial charge in [-0.3, -0.25) is 9.59 Å². The molecule has 0 heterocycles. The number of halogens is 1. The fourth-order valence-electron chi connectivity index (χ4n) is 0.992. The summed E-state index contributed by atoms with van der Waals surface area (Å²) < 4.78 is 0. The number of anilines is 1. The summed E-state index contributed by atoms with van der Waals surface area (Å²) in [6.07, 6.45) is 0. The molecule has 4 nitrogen and oxygen atoms in total. The van der Waals surface area contributed by atoms with Crippen LogP contribution in [0.4, 0.5) is 5.69 Å². The van der Waals surface area contributed by atoms with E-state index in [9.17, 15) is 9.59 Å². The largest absolute Gasteiger partial charge is 0.366 e. The minimum atomic E-state index is -0.516. The van der Waals surface area contributed by atoms with Crippen molar-refractivity contribution in [1.29, 1.82) is 0 Å². The molecule has 2 amide bonds. The van der Waals surface area contributed by atoms with Crippen LogP contribution in [0.2, 0.25) is 0 Å². The van der Waals surface area contributed by atoms with E-state index >= 15 is 0 Å². The van der Waals surface area contributed by atoms with E-state index < -0.39 is 5.91 Å². The molecule has 3 N–H and O–H groups in total. The average molecular weight is 271 g/mol. The third kappa shape index (κ3) is 3.36. The van der Waals surface area contributed by atoms with Gasteiger partial charge < -0.3 is 11.1 Å². The Balaban J connectivity index is 2.83. The Kier molecular flexibility index (Phi) is 3.85. The van der Waals surface area contributed by atoms with E-state index in [1.807, 2.05) is 0 Å². The molecule has 0 bridgehead atoms. The van der Waals surface area contributed by atoms with Crippen LogP contribution in [-0.4, -0.2) is 16.6 Å². The van der Waals surface area contributed by atoms with Crippen molar-refractivity contribution in [3.63, 3.8) is 0 Å². The van der Waals surface area contributed by atoms with Crippen LogP contribution in [0.25, 0.3) is 0 Å². The highest BCUT2D eigenvalue weighted by Gasteiger charge is 2.09. The van der Waals surface area contributed by atoms with Crippen molar-refractivity contribution in [2.24, 2.45) is 5.73 Å². The van der Waals surface area contributed by atoms with E-state index in [-0.39, 0.29) is 10.7 Å². The summed E-state index contributed by atoms with van der Waals surface area (Å²) in [4.78, 5) is 21.9. The van der Waals surface area contributed by atoms with Gasteiger partial charge in [-0.2, -0.15) is 0 Å². The molecule has 0 radical (unpaired) electrons. The Morgan fingerprint density at radius 2 is 2.13 bits per heavy atom. The van der Waals surface area contributed by atoms with Gasteiger partial charge in [-0.1, -0.05) is 22.0 Å². The standard InChI is InChI=1S/C10H11BrN2O2/c1-6(11)10(15)13-8-4-2-3-7(5-8)9(12)14/h2-6H,1H3,(H2,12,14)(H,13,15). The zero-order valence-electron chi connectivity index (χ0n) is 8.16. The van der Waals surface area contributed by atoms with Crippen LogP contribution in [0.1, 0.15) is 17.3 Å². The maximum absolute atomic E-state index is 11.3. The molecule has 15 heavy (non-hydrogen) atoms. The molecule has 0 aromatic heterocycles. The van der Waals surface area contributed by atoms with E-state index in [2.05, 4.69) is 21.2 Å². The minimum Gasteiger partial charge on any atom is -0.366 e. The number of rotatable bonds is 3. The third-order valence-electron chi connectivity index (χ3n) is 1.78. The van der Waals surface area contributed by atoms with Gasteiger partial charge in [0.05, 0.1) is 4.83 Å². The van der Waals surface area contributed by atoms with Gasteiger partial charge >= 0.3 is 0 Å². The van der Waals surface area contributed by atoms with Crippen LogP contribution in [0.3, 0.4) is 0 Å². The summed E-state index contributed by atoms with van der Waals surface area (Å²) in [6.45, 7) is 1.72. The number of amides is 2. The van der Waals surface area contributed by atoms with E-state index in [1.54, 1.807) is 25.1 Å². The molecule has 0 fully saturated rings. The smallest absolute Gasteiger partial charge is 0.248 e. The lowest BCUT2D eigenvalue weighted by Crippen LogP contribution is -2.20. The fraction of sp³-hybridized carbons (Fsp3) is 0.200. The number of carbonyl (C=O) groups excluding carboxylic acids is 2. The summed E-state index contributed by atoms with van der Waals surface area (Å²) in [6, 6.07) is 6.49. The first kappa shape index (κ1) is 11.7.